The summed E-state index contributed by atoms with van der Waals surface area (Å²) in [4.78, 5) is 38.3. The summed E-state index contributed by atoms with van der Waals surface area (Å²) in [7, 11) is 1.54. The molecule has 0 radical (unpaired) electrons. The number of methoxy groups -OCH3 is 1. The first-order valence-electron chi connectivity index (χ1n) is 9.92. The number of anilines is 1. The van der Waals surface area contributed by atoms with Crippen LogP contribution in [0.3, 0.4) is 0 Å². The second kappa shape index (κ2) is 12.4. The average molecular weight is 412 g/mol. The van der Waals surface area contributed by atoms with E-state index >= 15 is 0 Å². The van der Waals surface area contributed by atoms with Crippen LogP contribution in [0.1, 0.15) is 17.5 Å². The molecule has 160 valence electrons. The topological polar surface area (TPSA) is 87.7 Å². The lowest BCUT2D eigenvalue weighted by Crippen LogP contribution is -2.44. The monoisotopic (exact) mass is 411 g/mol. The number of carbonyl (C=O) groups is 3. The third-order valence-corrected chi connectivity index (χ3v) is 4.50. The van der Waals surface area contributed by atoms with E-state index in [1.807, 2.05) is 49.4 Å². The lowest BCUT2D eigenvalue weighted by Gasteiger charge is -2.22. The van der Waals surface area contributed by atoms with E-state index in [9.17, 15) is 14.4 Å². The van der Waals surface area contributed by atoms with E-state index in [4.69, 9.17) is 4.74 Å². The Kier molecular flexibility index (Phi) is 9.54. The van der Waals surface area contributed by atoms with Gasteiger partial charge in [0.25, 0.3) is 0 Å². The number of rotatable bonds is 11. The van der Waals surface area contributed by atoms with E-state index in [0.29, 0.717) is 31.7 Å². The molecular weight excluding hydrogens is 382 g/mol. The molecular formula is C23H29N3O4. The van der Waals surface area contributed by atoms with Crippen LogP contribution >= 0.6 is 0 Å². The second-order valence-electron chi connectivity index (χ2n) is 6.98. The lowest BCUT2D eigenvalue weighted by atomic mass is 10.1. The van der Waals surface area contributed by atoms with Gasteiger partial charge in [-0.25, -0.2) is 0 Å². The molecule has 7 nitrogen and oxygen atoms in total. The number of aryl methyl sites for hydroxylation is 2. The highest BCUT2D eigenvalue weighted by Crippen LogP contribution is 2.08. The lowest BCUT2D eigenvalue weighted by molar-refractivity contribution is -0.136. The molecule has 30 heavy (non-hydrogen) atoms. The predicted molar refractivity (Wildman–Crippen MR) is 116 cm³/mol. The summed E-state index contributed by atoms with van der Waals surface area (Å²) in [6, 6.07) is 17.1. The van der Waals surface area contributed by atoms with Crippen LogP contribution in [0.2, 0.25) is 0 Å². The van der Waals surface area contributed by atoms with Crippen molar-refractivity contribution in [3.05, 3.63) is 65.7 Å². The van der Waals surface area contributed by atoms with Gasteiger partial charge in [-0.2, -0.15) is 0 Å². The summed E-state index contributed by atoms with van der Waals surface area (Å²) >= 11 is 0. The first-order valence-corrected chi connectivity index (χ1v) is 9.92. The molecule has 0 saturated carbocycles. The number of ether oxygens (including phenoxy) is 1. The second-order valence-corrected chi connectivity index (χ2v) is 6.98. The highest BCUT2D eigenvalue weighted by atomic mass is 16.5. The molecule has 0 saturated heterocycles. The molecule has 0 unspecified atom stereocenters. The molecule has 0 bridgehead atoms. The summed E-state index contributed by atoms with van der Waals surface area (Å²) < 4.78 is 5.05. The molecule has 0 spiro atoms. The van der Waals surface area contributed by atoms with Gasteiger partial charge in [0.2, 0.25) is 17.7 Å². The van der Waals surface area contributed by atoms with Crippen molar-refractivity contribution in [2.24, 2.45) is 0 Å². The fourth-order valence-corrected chi connectivity index (χ4v) is 2.80. The normalized spacial score (nSPS) is 10.3. The minimum atomic E-state index is -0.391. The van der Waals surface area contributed by atoms with E-state index in [-0.39, 0.29) is 24.9 Å². The Morgan fingerprint density at radius 1 is 0.967 bits per heavy atom. The van der Waals surface area contributed by atoms with Crippen LogP contribution in [0.25, 0.3) is 0 Å². The number of nitrogens with one attached hydrogen (secondary N) is 2. The minimum absolute atomic E-state index is 0.116. The van der Waals surface area contributed by atoms with Gasteiger partial charge in [-0.3, -0.25) is 14.4 Å². The predicted octanol–water partition coefficient (Wildman–Crippen LogP) is 2.16. The van der Waals surface area contributed by atoms with Crippen molar-refractivity contribution in [1.82, 2.24) is 10.2 Å². The van der Waals surface area contributed by atoms with Crippen molar-refractivity contribution >= 4 is 23.4 Å². The molecule has 0 atom stereocenters. The Balaban J connectivity index is 1.80. The number of carbonyl (C=O) groups excluding carboxylic acids is 3. The molecule has 2 aromatic carbocycles. The van der Waals surface area contributed by atoms with Crippen LogP contribution in [0.4, 0.5) is 5.69 Å². The van der Waals surface area contributed by atoms with E-state index in [0.717, 1.165) is 11.1 Å². The van der Waals surface area contributed by atoms with Crippen LogP contribution in [-0.2, 0) is 25.5 Å². The van der Waals surface area contributed by atoms with E-state index in [1.165, 1.54) is 4.90 Å². The molecule has 3 amide bonds. The summed E-state index contributed by atoms with van der Waals surface area (Å²) in [6.45, 7) is 2.32. The Hall–Kier alpha value is -3.19. The van der Waals surface area contributed by atoms with E-state index < -0.39 is 5.91 Å². The average Bonchev–Trinajstić information content (AvgIpc) is 2.76. The van der Waals surface area contributed by atoms with Gasteiger partial charge in [0.1, 0.15) is 0 Å². The summed E-state index contributed by atoms with van der Waals surface area (Å²) in [5.74, 6) is -0.848. The number of amides is 3. The molecule has 0 heterocycles. The number of hydrogen-bond donors (Lipinski definition) is 2. The van der Waals surface area contributed by atoms with Gasteiger partial charge >= 0.3 is 0 Å². The van der Waals surface area contributed by atoms with Crippen LogP contribution in [0.5, 0.6) is 0 Å². The third-order valence-electron chi connectivity index (χ3n) is 4.50. The van der Waals surface area contributed by atoms with Gasteiger partial charge in [-0.05, 0) is 31.0 Å². The first kappa shape index (κ1) is 23.1. The van der Waals surface area contributed by atoms with Crippen LogP contribution in [0, 0.1) is 6.92 Å². The molecule has 0 aromatic heterocycles. The summed E-state index contributed by atoms with van der Waals surface area (Å²) in [5, 5.41) is 5.28. The van der Waals surface area contributed by atoms with Gasteiger partial charge < -0.3 is 20.3 Å². The van der Waals surface area contributed by atoms with E-state index in [2.05, 4.69) is 10.6 Å². The van der Waals surface area contributed by atoms with Crippen molar-refractivity contribution in [3.8, 4) is 0 Å². The summed E-state index contributed by atoms with van der Waals surface area (Å²) in [6.07, 6.45) is 0.901. The molecule has 2 aromatic rings. The Morgan fingerprint density at radius 2 is 1.67 bits per heavy atom. The fraction of sp³-hybridized carbons (Fsp3) is 0.348. The molecule has 0 aliphatic carbocycles. The zero-order valence-electron chi connectivity index (χ0n) is 17.5. The number of benzene rings is 2. The van der Waals surface area contributed by atoms with Crippen LogP contribution in [-0.4, -0.2) is 56.0 Å². The molecule has 0 aliphatic heterocycles. The molecule has 0 fully saturated rings. The van der Waals surface area contributed by atoms with Crippen molar-refractivity contribution in [2.75, 3.05) is 38.7 Å². The highest BCUT2D eigenvalue weighted by molar-refractivity contribution is 5.95. The molecule has 2 rings (SSSR count). The van der Waals surface area contributed by atoms with Crippen LogP contribution in [0.15, 0.2) is 54.6 Å². The Bertz CT molecular complexity index is 822. The van der Waals surface area contributed by atoms with Gasteiger partial charge in [0.15, 0.2) is 0 Å². The highest BCUT2D eigenvalue weighted by Gasteiger charge is 2.17. The SMILES string of the molecule is COCCN(CC(=O)NCC(=O)Nc1ccc(C)cc1)C(=O)CCc1ccccc1. The van der Waals surface area contributed by atoms with Crippen molar-refractivity contribution in [2.45, 2.75) is 19.8 Å². The van der Waals surface area contributed by atoms with Crippen molar-refractivity contribution in [3.63, 3.8) is 0 Å². The van der Waals surface area contributed by atoms with Gasteiger partial charge in [0.05, 0.1) is 19.7 Å². The zero-order valence-corrected chi connectivity index (χ0v) is 17.5. The van der Waals surface area contributed by atoms with Crippen molar-refractivity contribution in [1.29, 1.82) is 0 Å². The quantitative estimate of drug-likeness (QED) is 0.593. The zero-order chi connectivity index (χ0) is 21.8. The Labute approximate surface area is 177 Å². The molecule has 7 heteroatoms. The molecule has 2 N–H and O–H groups in total. The standard InChI is InChI=1S/C23H29N3O4/c1-18-8-11-20(12-9-18)25-21(27)16-24-22(28)17-26(14-15-30-2)23(29)13-10-19-6-4-3-5-7-19/h3-9,11-12H,10,13-17H2,1-2H3,(H,24,28)(H,25,27). The summed E-state index contributed by atoms with van der Waals surface area (Å²) in [5.41, 5.74) is 2.82. The number of nitrogens with zero attached hydrogens (tertiary/aromatic N) is 1. The third kappa shape index (κ3) is 8.45. The minimum Gasteiger partial charge on any atom is -0.383 e. The maximum absolute atomic E-state index is 12.6. The maximum Gasteiger partial charge on any atom is 0.243 e. The van der Waals surface area contributed by atoms with Crippen LogP contribution < -0.4 is 10.6 Å². The first-order chi connectivity index (χ1) is 14.5. The maximum atomic E-state index is 12.6. The van der Waals surface area contributed by atoms with Gasteiger partial charge in [-0.15, -0.1) is 0 Å². The van der Waals surface area contributed by atoms with E-state index in [1.54, 1.807) is 19.2 Å². The van der Waals surface area contributed by atoms with Gasteiger partial charge in [0, 0.05) is 25.8 Å². The smallest absolute Gasteiger partial charge is 0.243 e. The largest absolute Gasteiger partial charge is 0.383 e. The number of hydrogen-bond acceptors (Lipinski definition) is 4. The van der Waals surface area contributed by atoms with Crippen molar-refractivity contribution < 1.29 is 19.1 Å². The van der Waals surface area contributed by atoms with Gasteiger partial charge in [-0.1, -0.05) is 48.0 Å². The fourth-order valence-electron chi connectivity index (χ4n) is 2.80. The molecule has 0 aliphatic rings. The Morgan fingerprint density at radius 3 is 2.33 bits per heavy atom.